The first-order valence-corrected chi connectivity index (χ1v) is 8.22. The highest BCUT2D eigenvalue weighted by Gasteiger charge is 2.27. The van der Waals surface area contributed by atoms with Gasteiger partial charge < -0.3 is 9.80 Å². The fourth-order valence-electron chi connectivity index (χ4n) is 2.54. The molecule has 0 bridgehead atoms. The first-order chi connectivity index (χ1) is 12.0. The molecule has 0 saturated carbocycles. The monoisotopic (exact) mass is 382 g/mol. The minimum atomic E-state index is -0.703. The molecule has 0 spiro atoms. The molecular formula is C16H13Cl2FN4O2. The quantitative estimate of drug-likeness (QED) is 0.748. The number of piperazine rings is 1. The van der Waals surface area contributed by atoms with Gasteiger partial charge in [-0.3, -0.25) is 14.6 Å². The number of aromatic nitrogens is 2. The average Bonchev–Trinajstić information content (AvgIpc) is 2.64. The number of benzene rings is 1. The Morgan fingerprint density at radius 1 is 0.960 bits per heavy atom. The topological polar surface area (TPSA) is 66.4 Å². The smallest absolute Gasteiger partial charge is 0.274 e. The van der Waals surface area contributed by atoms with Gasteiger partial charge in [0.15, 0.2) is 0 Å². The Balaban J connectivity index is 1.67. The Hall–Kier alpha value is -2.25. The van der Waals surface area contributed by atoms with E-state index in [-0.39, 0.29) is 27.2 Å². The van der Waals surface area contributed by atoms with E-state index in [4.69, 9.17) is 23.2 Å². The van der Waals surface area contributed by atoms with Gasteiger partial charge in [0, 0.05) is 38.6 Å². The highest BCUT2D eigenvalue weighted by molar-refractivity contribution is 6.36. The van der Waals surface area contributed by atoms with Crippen molar-refractivity contribution in [3.8, 4) is 0 Å². The number of hydrogen-bond acceptors (Lipinski definition) is 4. The predicted molar refractivity (Wildman–Crippen MR) is 90.3 cm³/mol. The maximum atomic E-state index is 13.6. The lowest BCUT2D eigenvalue weighted by molar-refractivity contribution is 0.0532. The maximum Gasteiger partial charge on any atom is 0.274 e. The number of amides is 2. The first-order valence-electron chi connectivity index (χ1n) is 7.46. The van der Waals surface area contributed by atoms with E-state index in [0.29, 0.717) is 26.2 Å². The second-order valence-electron chi connectivity index (χ2n) is 5.42. The molecule has 6 nitrogen and oxygen atoms in total. The summed E-state index contributed by atoms with van der Waals surface area (Å²) in [6.07, 6.45) is 4.34. The van der Waals surface area contributed by atoms with Crippen LogP contribution in [0.4, 0.5) is 4.39 Å². The molecule has 0 atom stereocenters. The van der Waals surface area contributed by atoms with Crippen molar-refractivity contribution in [2.24, 2.45) is 0 Å². The van der Waals surface area contributed by atoms with E-state index in [1.165, 1.54) is 29.6 Å². The summed E-state index contributed by atoms with van der Waals surface area (Å²) >= 11 is 11.6. The third-order valence-corrected chi connectivity index (χ3v) is 4.48. The average molecular weight is 383 g/mol. The van der Waals surface area contributed by atoms with Crippen molar-refractivity contribution in [1.29, 1.82) is 0 Å². The van der Waals surface area contributed by atoms with E-state index < -0.39 is 11.7 Å². The molecule has 1 aromatic carbocycles. The van der Waals surface area contributed by atoms with Crippen LogP contribution in [0.1, 0.15) is 20.8 Å². The lowest BCUT2D eigenvalue weighted by Crippen LogP contribution is -2.50. The van der Waals surface area contributed by atoms with E-state index in [1.54, 1.807) is 4.90 Å². The minimum Gasteiger partial charge on any atom is -0.335 e. The van der Waals surface area contributed by atoms with E-state index in [1.807, 2.05) is 0 Å². The summed E-state index contributed by atoms with van der Waals surface area (Å²) in [6, 6.07) is 2.24. The van der Waals surface area contributed by atoms with Crippen molar-refractivity contribution < 1.29 is 14.0 Å². The molecule has 3 rings (SSSR count). The Labute approximate surface area is 153 Å². The van der Waals surface area contributed by atoms with Crippen LogP contribution in [0.25, 0.3) is 0 Å². The maximum absolute atomic E-state index is 13.6. The van der Waals surface area contributed by atoms with Gasteiger partial charge in [0.1, 0.15) is 11.5 Å². The van der Waals surface area contributed by atoms with Gasteiger partial charge in [0.05, 0.1) is 21.8 Å². The van der Waals surface area contributed by atoms with Gasteiger partial charge in [-0.25, -0.2) is 9.37 Å². The van der Waals surface area contributed by atoms with Crippen LogP contribution in [0, 0.1) is 5.82 Å². The summed E-state index contributed by atoms with van der Waals surface area (Å²) in [4.78, 5) is 35.8. The summed E-state index contributed by atoms with van der Waals surface area (Å²) in [5.41, 5.74) is 0.308. The number of carbonyl (C=O) groups is 2. The van der Waals surface area contributed by atoms with E-state index in [9.17, 15) is 14.0 Å². The van der Waals surface area contributed by atoms with Gasteiger partial charge >= 0.3 is 0 Å². The minimum absolute atomic E-state index is 0.0530. The van der Waals surface area contributed by atoms with E-state index in [2.05, 4.69) is 9.97 Å². The summed E-state index contributed by atoms with van der Waals surface area (Å²) in [5, 5.41) is -0.0459. The van der Waals surface area contributed by atoms with Gasteiger partial charge in [-0.1, -0.05) is 23.2 Å². The molecule has 2 heterocycles. The highest BCUT2D eigenvalue weighted by Crippen LogP contribution is 2.25. The zero-order chi connectivity index (χ0) is 18.0. The number of rotatable bonds is 2. The lowest BCUT2D eigenvalue weighted by Gasteiger charge is -2.34. The van der Waals surface area contributed by atoms with Crippen LogP contribution in [0.3, 0.4) is 0 Å². The fourth-order valence-corrected chi connectivity index (χ4v) is 3.00. The molecule has 1 aliphatic rings. The van der Waals surface area contributed by atoms with Gasteiger partial charge in [-0.15, -0.1) is 0 Å². The Morgan fingerprint density at radius 2 is 1.60 bits per heavy atom. The van der Waals surface area contributed by atoms with Crippen LogP contribution in [0.15, 0.2) is 30.7 Å². The largest absolute Gasteiger partial charge is 0.335 e. The molecule has 1 fully saturated rings. The highest BCUT2D eigenvalue weighted by atomic mass is 35.5. The molecule has 130 valence electrons. The van der Waals surface area contributed by atoms with Gasteiger partial charge in [-0.2, -0.15) is 0 Å². The summed E-state index contributed by atoms with van der Waals surface area (Å²) < 4.78 is 13.6. The third-order valence-electron chi connectivity index (χ3n) is 3.88. The number of hydrogen-bond donors (Lipinski definition) is 0. The molecule has 0 radical (unpaired) electrons. The second-order valence-corrected chi connectivity index (χ2v) is 6.24. The molecule has 1 aliphatic heterocycles. The van der Waals surface area contributed by atoms with Crippen LogP contribution in [-0.2, 0) is 0 Å². The fraction of sp³-hybridized carbons (Fsp3) is 0.250. The molecule has 0 unspecified atom stereocenters. The molecule has 9 heteroatoms. The van der Waals surface area contributed by atoms with Crippen molar-refractivity contribution >= 4 is 35.0 Å². The molecular weight excluding hydrogens is 370 g/mol. The van der Waals surface area contributed by atoms with E-state index >= 15 is 0 Å². The Morgan fingerprint density at radius 3 is 2.20 bits per heavy atom. The van der Waals surface area contributed by atoms with Crippen molar-refractivity contribution in [1.82, 2.24) is 19.8 Å². The molecule has 0 N–H and O–H groups in total. The standard InChI is InChI=1S/C16H13Cl2FN4O2/c17-11-8-12(18)13(19)7-10(11)15(24)22-3-5-23(6-4-22)16(25)14-9-20-1-2-21-14/h1-2,7-9H,3-6H2. The zero-order valence-corrected chi connectivity index (χ0v) is 14.5. The predicted octanol–water partition coefficient (Wildman–Crippen LogP) is 2.52. The Kier molecular flexibility index (Phi) is 5.15. The molecule has 1 saturated heterocycles. The van der Waals surface area contributed by atoms with Gasteiger partial charge in [-0.05, 0) is 12.1 Å². The SMILES string of the molecule is O=C(c1cnccn1)N1CCN(C(=O)c2cc(F)c(Cl)cc2Cl)CC1. The number of nitrogens with zero attached hydrogens (tertiary/aromatic N) is 4. The summed E-state index contributed by atoms with van der Waals surface area (Å²) in [7, 11) is 0. The van der Waals surface area contributed by atoms with Crippen molar-refractivity contribution in [3.63, 3.8) is 0 Å². The zero-order valence-electron chi connectivity index (χ0n) is 13.0. The normalized spacial score (nSPS) is 14.5. The van der Waals surface area contributed by atoms with Crippen molar-refractivity contribution in [2.45, 2.75) is 0 Å². The number of carbonyl (C=O) groups excluding carboxylic acids is 2. The Bertz CT molecular complexity index is 811. The van der Waals surface area contributed by atoms with Crippen LogP contribution in [0.2, 0.25) is 10.0 Å². The van der Waals surface area contributed by atoms with Crippen LogP contribution in [-0.4, -0.2) is 57.8 Å². The van der Waals surface area contributed by atoms with Crippen LogP contribution >= 0.6 is 23.2 Å². The molecule has 0 aliphatic carbocycles. The number of halogens is 3. The molecule has 2 aromatic rings. The first kappa shape index (κ1) is 17.6. The molecule has 1 aromatic heterocycles. The molecule has 25 heavy (non-hydrogen) atoms. The second kappa shape index (κ2) is 7.33. The molecule has 2 amide bonds. The van der Waals surface area contributed by atoms with Gasteiger partial charge in [0.25, 0.3) is 11.8 Å². The lowest BCUT2D eigenvalue weighted by atomic mass is 10.1. The van der Waals surface area contributed by atoms with Crippen LogP contribution in [0.5, 0.6) is 0 Å². The summed E-state index contributed by atoms with van der Waals surface area (Å²) in [5.74, 6) is -1.34. The van der Waals surface area contributed by atoms with E-state index in [0.717, 1.165) is 6.07 Å². The van der Waals surface area contributed by atoms with Crippen molar-refractivity contribution in [2.75, 3.05) is 26.2 Å². The van der Waals surface area contributed by atoms with Gasteiger partial charge in [0.2, 0.25) is 0 Å². The third kappa shape index (κ3) is 3.72. The van der Waals surface area contributed by atoms with Crippen LogP contribution < -0.4 is 0 Å². The van der Waals surface area contributed by atoms with Crippen molar-refractivity contribution in [3.05, 3.63) is 57.8 Å². The summed E-state index contributed by atoms with van der Waals surface area (Å²) in [6.45, 7) is 1.31.